The molecule has 1 heterocycles. The topological polar surface area (TPSA) is 67.6 Å². The van der Waals surface area contributed by atoms with E-state index >= 15 is 0 Å². The van der Waals surface area contributed by atoms with Gasteiger partial charge in [0.25, 0.3) is 0 Å². The zero-order valence-corrected chi connectivity index (χ0v) is 23.0. The number of hydrogen-bond donors (Lipinski definition) is 1. The van der Waals surface area contributed by atoms with Gasteiger partial charge in [0, 0.05) is 18.5 Å². The van der Waals surface area contributed by atoms with Gasteiger partial charge in [-0.05, 0) is 85.2 Å². The molecule has 1 N–H and O–H groups in total. The summed E-state index contributed by atoms with van der Waals surface area (Å²) in [5.41, 5.74) is 3.92. The molecule has 0 bridgehead atoms. The van der Waals surface area contributed by atoms with E-state index < -0.39 is 0 Å². The molecule has 0 atom stereocenters. The van der Waals surface area contributed by atoms with E-state index in [1.54, 1.807) is 18.3 Å². The number of hydroxylamine groups is 1. The van der Waals surface area contributed by atoms with E-state index in [4.69, 9.17) is 9.02 Å². The smallest absolute Gasteiger partial charge is 0.467 e. The number of benzene rings is 3. The van der Waals surface area contributed by atoms with Gasteiger partial charge in [0.15, 0.2) is 12.0 Å². The van der Waals surface area contributed by atoms with Gasteiger partial charge in [-0.25, -0.2) is 4.79 Å². The monoisotopic (exact) mass is 543 g/mol. The molecule has 2 aliphatic rings. The van der Waals surface area contributed by atoms with Gasteiger partial charge in [-0.3, -0.25) is 4.79 Å². The lowest BCUT2D eigenvalue weighted by atomic mass is 9.84. The first-order valence-electron chi connectivity index (χ1n) is 13.9. The molecule has 0 saturated heterocycles. The van der Waals surface area contributed by atoms with Gasteiger partial charge in [0.05, 0.1) is 21.8 Å². The van der Waals surface area contributed by atoms with Crippen molar-refractivity contribution in [2.45, 2.75) is 68.6 Å². The van der Waals surface area contributed by atoms with E-state index in [1.807, 2.05) is 36.4 Å². The van der Waals surface area contributed by atoms with Crippen LogP contribution in [-0.2, 0) is 15.5 Å². The van der Waals surface area contributed by atoms with Gasteiger partial charge in [0.2, 0.25) is 12.1 Å². The molecule has 202 valence electrons. The van der Waals surface area contributed by atoms with Crippen LogP contribution in [0.2, 0.25) is 0 Å². The zero-order chi connectivity index (χ0) is 26.9. The number of amides is 2. The van der Waals surface area contributed by atoms with Crippen molar-refractivity contribution in [3.8, 4) is 5.75 Å². The molecule has 2 amide bonds. The Bertz CT molecular complexity index is 1300. The summed E-state index contributed by atoms with van der Waals surface area (Å²) < 4.78 is 13.2. The lowest BCUT2D eigenvalue weighted by molar-refractivity contribution is -0.658. The highest BCUT2D eigenvalue weighted by Gasteiger charge is 2.24. The van der Waals surface area contributed by atoms with E-state index in [9.17, 15) is 9.59 Å². The highest BCUT2D eigenvalue weighted by molar-refractivity contribution is 7.94. The fourth-order valence-electron chi connectivity index (χ4n) is 5.10. The lowest BCUT2D eigenvalue weighted by Crippen LogP contribution is -2.20. The van der Waals surface area contributed by atoms with Crippen LogP contribution in [0.4, 0.5) is 5.69 Å². The normalized spacial score (nSPS) is 15.8. The maximum atomic E-state index is 13.2. The molecule has 1 saturated carbocycles. The van der Waals surface area contributed by atoms with Gasteiger partial charge in [0.1, 0.15) is 5.75 Å². The molecule has 1 aliphatic carbocycles. The zero-order valence-electron chi connectivity index (χ0n) is 22.1. The molecule has 3 aromatic carbocycles. The van der Waals surface area contributed by atoms with Crippen molar-refractivity contribution in [1.29, 1.82) is 0 Å². The largest absolute Gasteiger partial charge is 0.494 e. The Hall–Kier alpha value is -3.58. The van der Waals surface area contributed by atoms with Crippen molar-refractivity contribution in [3.05, 3.63) is 89.5 Å². The van der Waals surface area contributed by atoms with Gasteiger partial charge in [-0.1, -0.05) is 49.6 Å². The molecule has 5 rings (SSSR count). The third kappa shape index (κ3) is 7.51. The molecule has 0 unspecified atom stereocenters. The Labute approximate surface area is 234 Å². The van der Waals surface area contributed by atoms with E-state index in [-0.39, 0.29) is 11.8 Å². The maximum absolute atomic E-state index is 13.2. The van der Waals surface area contributed by atoms with Crippen LogP contribution in [0.5, 0.6) is 5.75 Å². The number of hydrogen-bond acceptors (Lipinski definition) is 5. The van der Waals surface area contributed by atoms with E-state index in [1.165, 1.54) is 54.4 Å². The van der Waals surface area contributed by atoms with Gasteiger partial charge in [-0.2, -0.15) is 4.28 Å². The predicted octanol–water partition coefficient (Wildman–Crippen LogP) is 7.34. The van der Waals surface area contributed by atoms with Crippen LogP contribution in [-0.4, -0.2) is 29.4 Å². The second kappa shape index (κ2) is 13.5. The second-order valence-corrected chi connectivity index (χ2v) is 10.9. The van der Waals surface area contributed by atoms with Crippen molar-refractivity contribution in [1.82, 2.24) is 0 Å². The van der Waals surface area contributed by atoms with Crippen molar-refractivity contribution < 1.29 is 23.3 Å². The average Bonchev–Trinajstić information content (AvgIpc) is 2.99. The van der Waals surface area contributed by atoms with E-state index in [0.29, 0.717) is 30.9 Å². The van der Waals surface area contributed by atoms with Crippen molar-refractivity contribution in [2.24, 2.45) is 0 Å². The SMILES string of the molecule is O=C1CCc2cc(OCCCC=[N+](OSc3ccc(C4CCCCC4)cc3)C(=O)c3ccccc3)ccc2N1. The van der Waals surface area contributed by atoms with Crippen molar-refractivity contribution >= 4 is 35.8 Å². The lowest BCUT2D eigenvalue weighted by Gasteiger charge is -2.21. The molecule has 1 fully saturated rings. The number of carbonyl (C=O) groups excluding carboxylic acids is 2. The first-order valence-corrected chi connectivity index (χ1v) is 14.6. The number of nitrogens with one attached hydrogen (secondary N) is 1. The van der Waals surface area contributed by atoms with Crippen LogP contribution >= 0.6 is 12.0 Å². The molecule has 0 radical (unpaired) electrons. The minimum absolute atomic E-state index is 0.0538. The van der Waals surface area contributed by atoms with E-state index in [0.717, 1.165) is 34.7 Å². The Morgan fingerprint density at radius 2 is 1.77 bits per heavy atom. The first-order chi connectivity index (χ1) is 19.2. The third-order valence-corrected chi connectivity index (χ3v) is 7.98. The summed E-state index contributed by atoms with van der Waals surface area (Å²) in [4.78, 5) is 25.7. The number of ether oxygens (including phenoxy) is 1. The quantitative estimate of drug-likeness (QED) is 0.0953. The number of unbranched alkanes of at least 4 members (excludes halogenated alkanes) is 1. The number of fused-ring (bicyclic) bond motifs is 1. The fourth-order valence-corrected chi connectivity index (χ4v) is 5.64. The minimum atomic E-state index is -0.209. The molecular formula is C32H35N2O4S+. The summed E-state index contributed by atoms with van der Waals surface area (Å²) in [5.74, 6) is 1.29. The molecule has 3 aromatic rings. The summed E-state index contributed by atoms with van der Waals surface area (Å²) in [6, 6.07) is 23.5. The maximum Gasteiger partial charge on any atom is 0.467 e. The highest BCUT2D eigenvalue weighted by Crippen LogP contribution is 2.33. The Morgan fingerprint density at radius 1 is 0.974 bits per heavy atom. The number of anilines is 1. The number of aryl methyl sites for hydroxylation is 1. The molecule has 1 aliphatic heterocycles. The Balaban J connectivity index is 1.17. The third-order valence-electron chi connectivity index (χ3n) is 7.28. The predicted molar refractivity (Wildman–Crippen MR) is 154 cm³/mol. The van der Waals surface area contributed by atoms with Crippen LogP contribution in [0.3, 0.4) is 0 Å². The fraction of sp³-hybridized carbons (Fsp3) is 0.344. The molecule has 6 nitrogen and oxygen atoms in total. The number of rotatable bonds is 10. The summed E-state index contributed by atoms with van der Waals surface area (Å²) >= 11 is 1.19. The average molecular weight is 544 g/mol. The van der Waals surface area contributed by atoms with Gasteiger partial charge < -0.3 is 10.1 Å². The molecule has 0 aromatic heterocycles. The number of carbonyl (C=O) groups is 2. The van der Waals surface area contributed by atoms with Crippen molar-refractivity contribution in [2.75, 3.05) is 11.9 Å². The van der Waals surface area contributed by atoms with Crippen LogP contribution in [0.15, 0.2) is 77.7 Å². The summed E-state index contributed by atoms with van der Waals surface area (Å²) in [7, 11) is 0. The minimum Gasteiger partial charge on any atom is -0.494 e. The highest BCUT2D eigenvalue weighted by atomic mass is 32.2. The first kappa shape index (κ1) is 27.0. The van der Waals surface area contributed by atoms with Crippen molar-refractivity contribution in [3.63, 3.8) is 0 Å². The van der Waals surface area contributed by atoms with Crippen LogP contribution < -0.4 is 10.1 Å². The van der Waals surface area contributed by atoms with Gasteiger partial charge >= 0.3 is 5.91 Å². The molecule has 39 heavy (non-hydrogen) atoms. The molecule has 0 spiro atoms. The molecular weight excluding hydrogens is 508 g/mol. The van der Waals surface area contributed by atoms with Crippen LogP contribution in [0.1, 0.15) is 78.8 Å². The van der Waals surface area contributed by atoms with E-state index in [2.05, 4.69) is 29.6 Å². The van der Waals surface area contributed by atoms with Crippen LogP contribution in [0.25, 0.3) is 0 Å². The summed E-state index contributed by atoms with van der Waals surface area (Å²) in [6.45, 7) is 0.505. The summed E-state index contributed by atoms with van der Waals surface area (Å²) in [5, 5.41) is 2.89. The number of nitrogens with zero attached hydrogens (tertiary/aromatic N) is 1. The van der Waals surface area contributed by atoms with Crippen LogP contribution in [0, 0.1) is 0 Å². The summed E-state index contributed by atoms with van der Waals surface area (Å²) in [6.07, 6.45) is 10.9. The second-order valence-electron chi connectivity index (χ2n) is 10.1. The van der Waals surface area contributed by atoms with Gasteiger partial charge in [-0.15, -0.1) is 0 Å². The Morgan fingerprint density at radius 3 is 2.56 bits per heavy atom. The Kier molecular flexibility index (Phi) is 9.33. The molecule has 7 heteroatoms. The standard InChI is InChI=1S/C32H34N2O4S/c35-31-20-15-27-23-28(16-19-30(27)33-31)37-22-8-7-21-34(32(36)26-11-5-2-6-12-26)38-39-29-17-13-25(14-18-29)24-9-3-1-4-10-24/h2,5-6,11-14,16-19,21,23-24H,1,3-4,7-10,15,20,22H2/p+1.